The molecule has 1 aliphatic rings. The Balaban J connectivity index is 2.28. The van der Waals surface area contributed by atoms with Crippen molar-refractivity contribution in [1.82, 2.24) is 9.97 Å². The van der Waals surface area contributed by atoms with Crippen LogP contribution in [0.5, 0.6) is 0 Å². The van der Waals surface area contributed by atoms with E-state index in [-0.39, 0.29) is 12.6 Å². The summed E-state index contributed by atoms with van der Waals surface area (Å²) in [7, 11) is 0. The maximum absolute atomic E-state index is 9.33. The highest BCUT2D eigenvalue weighted by molar-refractivity contribution is 6.32. The summed E-state index contributed by atoms with van der Waals surface area (Å²) in [5, 5.41) is 9.88. The van der Waals surface area contributed by atoms with Crippen LogP contribution in [0.4, 0.5) is 5.82 Å². The van der Waals surface area contributed by atoms with Crippen LogP contribution in [0.1, 0.15) is 13.3 Å². The normalized spacial score (nSPS) is 25.9. The second kappa shape index (κ2) is 4.33. The minimum atomic E-state index is 0.123. The molecule has 1 aromatic heterocycles. The zero-order valence-corrected chi connectivity index (χ0v) is 9.35. The maximum atomic E-state index is 9.33. The van der Waals surface area contributed by atoms with Gasteiger partial charge in [0.05, 0.1) is 18.8 Å². The first-order chi connectivity index (χ1) is 7.24. The molecule has 2 rings (SSSR count). The van der Waals surface area contributed by atoms with E-state index in [0.29, 0.717) is 10.9 Å². The Morgan fingerprint density at radius 3 is 3.13 bits per heavy atom. The van der Waals surface area contributed by atoms with Crippen molar-refractivity contribution < 1.29 is 5.11 Å². The Labute approximate surface area is 93.9 Å². The van der Waals surface area contributed by atoms with Crippen molar-refractivity contribution in [1.29, 1.82) is 0 Å². The lowest BCUT2D eigenvalue weighted by Gasteiger charge is -2.26. The summed E-state index contributed by atoms with van der Waals surface area (Å²) in [6.07, 6.45) is 4.13. The topological polar surface area (TPSA) is 49.2 Å². The molecule has 0 aliphatic carbocycles. The molecule has 1 fully saturated rings. The summed E-state index contributed by atoms with van der Waals surface area (Å²) in [6.45, 7) is 3.17. The van der Waals surface area contributed by atoms with Crippen molar-refractivity contribution in [3.8, 4) is 0 Å². The number of hydrogen-bond donors (Lipinski definition) is 1. The van der Waals surface area contributed by atoms with Crippen molar-refractivity contribution in [2.45, 2.75) is 19.4 Å². The van der Waals surface area contributed by atoms with Gasteiger partial charge < -0.3 is 10.0 Å². The maximum Gasteiger partial charge on any atom is 0.151 e. The van der Waals surface area contributed by atoms with Gasteiger partial charge in [0.25, 0.3) is 0 Å². The molecule has 1 aromatic rings. The minimum absolute atomic E-state index is 0.123. The molecule has 2 atom stereocenters. The first kappa shape index (κ1) is 10.6. The molecule has 1 N–H and O–H groups in total. The fraction of sp³-hybridized carbons (Fsp3) is 0.600. The molecule has 1 aliphatic heterocycles. The average molecular weight is 228 g/mol. The van der Waals surface area contributed by atoms with Crippen LogP contribution in [0, 0.1) is 5.92 Å². The van der Waals surface area contributed by atoms with Gasteiger partial charge in [0.2, 0.25) is 0 Å². The Morgan fingerprint density at radius 1 is 1.67 bits per heavy atom. The summed E-state index contributed by atoms with van der Waals surface area (Å²) in [4.78, 5) is 10.1. The van der Waals surface area contributed by atoms with Gasteiger partial charge in [-0.1, -0.05) is 18.5 Å². The van der Waals surface area contributed by atoms with Crippen molar-refractivity contribution in [2.24, 2.45) is 5.92 Å². The van der Waals surface area contributed by atoms with Crippen LogP contribution in [0.2, 0.25) is 5.02 Å². The number of rotatable bonds is 2. The third kappa shape index (κ3) is 1.92. The molecule has 0 amide bonds. The number of hydrogen-bond acceptors (Lipinski definition) is 4. The van der Waals surface area contributed by atoms with Crippen LogP contribution < -0.4 is 4.90 Å². The molecular formula is C10H14ClN3O. The highest BCUT2D eigenvalue weighted by Gasteiger charge is 2.32. The van der Waals surface area contributed by atoms with Crippen molar-refractivity contribution in [3.05, 3.63) is 17.5 Å². The molecule has 2 heterocycles. The SMILES string of the molecule is CC1CCN(c2ncncc2Cl)C1CO. The quantitative estimate of drug-likeness (QED) is 0.829. The van der Waals surface area contributed by atoms with Gasteiger partial charge in [-0.25, -0.2) is 9.97 Å². The monoisotopic (exact) mass is 227 g/mol. The molecule has 82 valence electrons. The van der Waals surface area contributed by atoms with Gasteiger partial charge in [0.1, 0.15) is 11.3 Å². The third-order valence-electron chi connectivity index (χ3n) is 2.99. The van der Waals surface area contributed by atoms with Crippen LogP contribution >= 0.6 is 11.6 Å². The van der Waals surface area contributed by atoms with Crippen LogP contribution in [-0.2, 0) is 0 Å². The molecule has 0 spiro atoms. The summed E-state index contributed by atoms with van der Waals surface area (Å²) in [5.41, 5.74) is 0. The lowest BCUT2D eigenvalue weighted by atomic mass is 10.0. The molecule has 15 heavy (non-hydrogen) atoms. The number of aromatic nitrogens is 2. The predicted octanol–water partition coefficient (Wildman–Crippen LogP) is 1.34. The van der Waals surface area contributed by atoms with Crippen LogP contribution in [0.25, 0.3) is 0 Å². The molecule has 4 nitrogen and oxygen atoms in total. The highest BCUT2D eigenvalue weighted by Crippen LogP contribution is 2.31. The summed E-state index contributed by atoms with van der Waals surface area (Å²) < 4.78 is 0. The fourth-order valence-corrected chi connectivity index (χ4v) is 2.28. The van der Waals surface area contributed by atoms with Crippen molar-refractivity contribution in [2.75, 3.05) is 18.1 Å². The Morgan fingerprint density at radius 2 is 2.47 bits per heavy atom. The van der Waals surface area contributed by atoms with Crippen molar-refractivity contribution in [3.63, 3.8) is 0 Å². The van der Waals surface area contributed by atoms with Crippen LogP contribution in [0.15, 0.2) is 12.5 Å². The van der Waals surface area contributed by atoms with Gasteiger partial charge >= 0.3 is 0 Å². The molecule has 0 radical (unpaired) electrons. The van der Waals surface area contributed by atoms with E-state index >= 15 is 0 Å². The highest BCUT2D eigenvalue weighted by atomic mass is 35.5. The van der Waals surface area contributed by atoms with Gasteiger partial charge in [-0.05, 0) is 12.3 Å². The van der Waals surface area contributed by atoms with Gasteiger partial charge in [-0.15, -0.1) is 0 Å². The van der Waals surface area contributed by atoms with Gasteiger partial charge in [-0.2, -0.15) is 0 Å². The number of aliphatic hydroxyl groups excluding tert-OH is 1. The lowest BCUT2D eigenvalue weighted by Crippen LogP contribution is -2.35. The molecule has 5 heteroatoms. The van der Waals surface area contributed by atoms with Gasteiger partial charge in [0, 0.05) is 6.54 Å². The lowest BCUT2D eigenvalue weighted by molar-refractivity contribution is 0.244. The number of halogens is 1. The second-order valence-corrected chi connectivity index (χ2v) is 4.31. The van der Waals surface area contributed by atoms with Gasteiger partial charge in [0.15, 0.2) is 5.82 Å². The smallest absolute Gasteiger partial charge is 0.151 e. The van der Waals surface area contributed by atoms with E-state index in [1.54, 1.807) is 6.20 Å². The number of anilines is 1. The summed E-state index contributed by atoms with van der Waals surface area (Å²) >= 11 is 6.03. The fourth-order valence-electron chi connectivity index (χ4n) is 2.07. The standard InChI is InChI=1S/C10H14ClN3O/c1-7-2-3-14(9(7)5-15)10-8(11)4-12-6-13-10/h4,6-7,9,15H,2-3,5H2,1H3. The average Bonchev–Trinajstić information content (AvgIpc) is 2.60. The van der Waals surface area contributed by atoms with E-state index in [0.717, 1.165) is 18.8 Å². The van der Waals surface area contributed by atoms with E-state index in [4.69, 9.17) is 11.6 Å². The zero-order chi connectivity index (χ0) is 10.8. The molecule has 0 bridgehead atoms. The molecular weight excluding hydrogens is 214 g/mol. The second-order valence-electron chi connectivity index (χ2n) is 3.90. The Kier molecular flexibility index (Phi) is 3.07. The van der Waals surface area contributed by atoms with Crippen LogP contribution in [0.3, 0.4) is 0 Å². The van der Waals surface area contributed by atoms with Gasteiger partial charge in [-0.3, -0.25) is 0 Å². The predicted molar refractivity (Wildman–Crippen MR) is 59.0 cm³/mol. The van der Waals surface area contributed by atoms with E-state index in [1.807, 2.05) is 0 Å². The largest absolute Gasteiger partial charge is 0.394 e. The van der Waals surface area contributed by atoms with E-state index in [9.17, 15) is 5.11 Å². The molecule has 1 saturated heterocycles. The molecule has 0 saturated carbocycles. The van der Waals surface area contributed by atoms with Crippen LogP contribution in [-0.4, -0.2) is 34.3 Å². The summed E-state index contributed by atoms with van der Waals surface area (Å²) in [5.74, 6) is 1.20. The van der Waals surface area contributed by atoms with E-state index in [2.05, 4.69) is 21.8 Å². The first-order valence-corrected chi connectivity index (χ1v) is 5.45. The third-order valence-corrected chi connectivity index (χ3v) is 3.26. The van der Waals surface area contributed by atoms with E-state index < -0.39 is 0 Å². The number of aliphatic hydroxyl groups is 1. The number of nitrogens with zero attached hydrogens (tertiary/aromatic N) is 3. The Bertz CT molecular complexity index is 347. The summed E-state index contributed by atoms with van der Waals surface area (Å²) in [6, 6.07) is 0.123. The van der Waals surface area contributed by atoms with E-state index in [1.165, 1.54) is 6.33 Å². The molecule has 2 unspecified atom stereocenters. The molecule has 0 aromatic carbocycles. The minimum Gasteiger partial charge on any atom is -0.394 e. The first-order valence-electron chi connectivity index (χ1n) is 5.07. The van der Waals surface area contributed by atoms with Crippen molar-refractivity contribution >= 4 is 17.4 Å². The Hall–Kier alpha value is -0.870. The zero-order valence-electron chi connectivity index (χ0n) is 8.60.